The zero-order valence-electron chi connectivity index (χ0n) is 14.4. The van der Waals surface area contributed by atoms with Crippen molar-refractivity contribution in [2.75, 3.05) is 21.9 Å². The monoisotopic (exact) mass is 350 g/mol. The second-order valence-corrected chi connectivity index (χ2v) is 9.08. The molecule has 1 aliphatic carbocycles. The molecule has 5 nitrogen and oxygen atoms in total. The minimum absolute atomic E-state index is 0.0199. The summed E-state index contributed by atoms with van der Waals surface area (Å²) in [5.74, 6) is 0.776. The number of carbonyl (C=O) groups is 1. The molecule has 0 aromatic heterocycles. The van der Waals surface area contributed by atoms with Crippen LogP contribution in [0.4, 0.5) is 11.4 Å². The molecule has 132 valence electrons. The van der Waals surface area contributed by atoms with Crippen LogP contribution < -0.4 is 9.62 Å². The number of benzene rings is 1. The van der Waals surface area contributed by atoms with Crippen LogP contribution in [0.1, 0.15) is 44.6 Å². The van der Waals surface area contributed by atoms with E-state index in [2.05, 4.69) is 5.32 Å². The molecule has 1 atom stereocenters. The van der Waals surface area contributed by atoms with E-state index in [1.54, 1.807) is 12.1 Å². The number of carbonyl (C=O) groups excluding carboxylic acids is 1. The lowest BCUT2D eigenvalue weighted by molar-refractivity contribution is -0.120. The first kappa shape index (κ1) is 17.3. The number of hydrogen-bond acceptors (Lipinski definition) is 3. The molecule has 1 aromatic rings. The molecule has 1 saturated carbocycles. The van der Waals surface area contributed by atoms with Crippen molar-refractivity contribution in [3.05, 3.63) is 23.8 Å². The fourth-order valence-corrected chi connectivity index (χ4v) is 5.48. The van der Waals surface area contributed by atoms with E-state index in [1.807, 2.05) is 19.9 Å². The van der Waals surface area contributed by atoms with Crippen molar-refractivity contribution in [3.8, 4) is 0 Å². The predicted molar refractivity (Wildman–Crippen MR) is 96.7 cm³/mol. The molecule has 1 aliphatic heterocycles. The first-order valence-electron chi connectivity index (χ1n) is 8.80. The quantitative estimate of drug-likeness (QED) is 0.906. The van der Waals surface area contributed by atoms with Crippen LogP contribution in [0.3, 0.4) is 0 Å². The van der Waals surface area contributed by atoms with Gasteiger partial charge in [-0.2, -0.15) is 0 Å². The molecule has 2 fully saturated rings. The normalized spacial score (nSPS) is 21.8. The Hall–Kier alpha value is -1.56. The largest absolute Gasteiger partial charge is 0.326 e. The molecule has 1 amide bonds. The minimum atomic E-state index is -3.18. The molecule has 0 radical (unpaired) electrons. The third kappa shape index (κ3) is 3.43. The summed E-state index contributed by atoms with van der Waals surface area (Å²) < 4.78 is 25.6. The van der Waals surface area contributed by atoms with Gasteiger partial charge in [-0.1, -0.05) is 19.8 Å². The highest BCUT2D eigenvalue weighted by Gasteiger charge is 2.30. The maximum atomic E-state index is 12.4. The molecule has 0 bridgehead atoms. The van der Waals surface area contributed by atoms with Gasteiger partial charge in [0.25, 0.3) is 0 Å². The van der Waals surface area contributed by atoms with Crippen molar-refractivity contribution in [1.82, 2.24) is 0 Å². The van der Waals surface area contributed by atoms with E-state index in [4.69, 9.17) is 0 Å². The van der Waals surface area contributed by atoms with Crippen LogP contribution in [-0.2, 0) is 14.8 Å². The fourth-order valence-electron chi connectivity index (χ4n) is 3.85. The average Bonchev–Trinajstić information content (AvgIpc) is 3.16. The first-order chi connectivity index (χ1) is 11.4. The maximum Gasteiger partial charge on any atom is 0.235 e. The second kappa shape index (κ2) is 6.75. The molecule has 24 heavy (non-hydrogen) atoms. The van der Waals surface area contributed by atoms with Crippen LogP contribution >= 0.6 is 0 Å². The van der Waals surface area contributed by atoms with Gasteiger partial charge in [-0.25, -0.2) is 8.42 Å². The van der Waals surface area contributed by atoms with Gasteiger partial charge < -0.3 is 5.32 Å². The van der Waals surface area contributed by atoms with Crippen molar-refractivity contribution >= 4 is 27.3 Å². The molecular weight excluding hydrogens is 324 g/mol. The first-order valence-corrected chi connectivity index (χ1v) is 10.4. The fraction of sp³-hybridized carbons (Fsp3) is 0.611. The van der Waals surface area contributed by atoms with E-state index in [9.17, 15) is 13.2 Å². The maximum absolute atomic E-state index is 12.4. The Morgan fingerprint density at radius 1 is 1.25 bits per heavy atom. The van der Waals surface area contributed by atoms with Gasteiger partial charge in [0.1, 0.15) is 0 Å². The van der Waals surface area contributed by atoms with Crippen LogP contribution in [-0.4, -0.2) is 26.6 Å². The number of nitrogens with one attached hydrogen (secondary N) is 1. The van der Waals surface area contributed by atoms with Crippen LogP contribution in [0.5, 0.6) is 0 Å². The highest BCUT2D eigenvalue weighted by molar-refractivity contribution is 7.93. The molecule has 1 heterocycles. The molecule has 1 N–H and O–H groups in total. The summed E-state index contributed by atoms with van der Waals surface area (Å²) in [5.41, 5.74) is 2.32. The molecule has 1 unspecified atom stereocenters. The molecule has 6 heteroatoms. The van der Waals surface area contributed by atoms with Gasteiger partial charge in [0.2, 0.25) is 15.9 Å². The van der Waals surface area contributed by atoms with Gasteiger partial charge in [0.15, 0.2) is 0 Å². The van der Waals surface area contributed by atoms with Crippen LogP contribution in [0.15, 0.2) is 18.2 Å². The molecular formula is C18H26N2O3S. The Balaban J connectivity index is 1.71. The molecule has 1 aromatic carbocycles. The Morgan fingerprint density at radius 3 is 2.54 bits per heavy atom. The number of aryl methyl sites for hydroxylation is 1. The van der Waals surface area contributed by atoms with Gasteiger partial charge in [0, 0.05) is 18.2 Å². The number of rotatable bonds is 4. The summed E-state index contributed by atoms with van der Waals surface area (Å²) in [6.45, 7) is 4.43. The zero-order valence-corrected chi connectivity index (χ0v) is 15.2. The van der Waals surface area contributed by atoms with Crippen LogP contribution in [0.25, 0.3) is 0 Å². The van der Waals surface area contributed by atoms with Crippen molar-refractivity contribution in [2.45, 2.75) is 46.0 Å². The standard InChI is InChI=1S/C18H26N2O3S/c1-13-12-16(19-18(21)14(2)15-6-3-4-7-15)8-9-17(13)20-10-5-11-24(20,22)23/h8-9,12,14-15H,3-7,10-11H2,1-2H3,(H,19,21). The smallest absolute Gasteiger partial charge is 0.235 e. The third-order valence-corrected chi connectivity index (χ3v) is 7.21. The number of sulfonamides is 1. The van der Waals surface area contributed by atoms with Gasteiger partial charge >= 0.3 is 0 Å². The van der Waals surface area contributed by atoms with Gasteiger partial charge in [-0.3, -0.25) is 9.10 Å². The lowest BCUT2D eigenvalue weighted by Gasteiger charge is -2.21. The van der Waals surface area contributed by atoms with E-state index in [0.717, 1.165) is 24.1 Å². The summed E-state index contributed by atoms with van der Waals surface area (Å²) in [5, 5.41) is 2.99. The van der Waals surface area contributed by atoms with Crippen LogP contribution in [0, 0.1) is 18.8 Å². The number of hydrogen-bond donors (Lipinski definition) is 1. The van der Waals surface area contributed by atoms with Crippen molar-refractivity contribution < 1.29 is 13.2 Å². The number of amides is 1. The highest BCUT2D eigenvalue weighted by Crippen LogP contribution is 2.33. The second-order valence-electron chi connectivity index (χ2n) is 7.07. The molecule has 1 saturated heterocycles. The lowest BCUT2D eigenvalue weighted by Crippen LogP contribution is -2.27. The predicted octanol–water partition coefficient (Wildman–Crippen LogP) is 3.30. The van der Waals surface area contributed by atoms with Crippen molar-refractivity contribution in [2.24, 2.45) is 11.8 Å². The molecule has 0 spiro atoms. The summed E-state index contributed by atoms with van der Waals surface area (Å²) in [6.07, 6.45) is 5.39. The van der Waals surface area contributed by atoms with E-state index in [0.29, 0.717) is 24.6 Å². The van der Waals surface area contributed by atoms with Crippen molar-refractivity contribution in [1.29, 1.82) is 0 Å². The third-order valence-electron chi connectivity index (χ3n) is 5.35. The van der Waals surface area contributed by atoms with Crippen LogP contribution in [0.2, 0.25) is 0 Å². The molecule has 2 aliphatic rings. The van der Waals surface area contributed by atoms with Crippen molar-refractivity contribution in [3.63, 3.8) is 0 Å². The Bertz CT molecular complexity index is 724. The SMILES string of the molecule is Cc1cc(NC(=O)C(C)C2CCCC2)ccc1N1CCCS1(=O)=O. The number of anilines is 2. The van der Waals surface area contributed by atoms with E-state index in [1.165, 1.54) is 17.1 Å². The molecule has 3 rings (SSSR count). The number of nitrogens with zero attached hydrogens (tertiary/aromatic N) is 1. The summed E-state index contributed by atoms with van der Waals surface area (Å²) in [4.78, 5) is 12.4. The average molecular weight is 350 g/mol. The Labute approximate surface area is 144 Å². The highest BCUT2D eigenvalue weighted by atomic mass is 32.2. The van der Waals surface area contributed by atoms with Gasteiger partial charge in [-0.15, -0.1) is 0 Å². The van der Waals surface area contributed by atoms with Gasteiger partial charge in [-0.05, 0) is 55.9 Å². The summed E-state index contributed by atoms with van der Waals surface area (Å²) >= 11 is 0. The van der Waals surface area contributed by atoms with E-state index in [-0.39, 0.29) is 17.6 Å². The lowest BCUT2D eigenvalue weighted by atomic mass is 9.92. The Kier molecular flexibility index (Phi) is 4.85. The zero-order chi connectivity index (χ0) is 17.3. The Morgan fingerprint density at radius 2 is 1.96 bits per heavy atom. The summed E-state index contributed by atoms with van der Waals surface area (Å²) in [7, 11) is -3.18. The van der Waals surface area contributed by atoms with Gasteiger partial charge in [0.05, 0.1) is 11.4 Å². The minimum Gasteiger partial charge on any atom is -0.326 e. The van der Waals surface area contributed by atoms with E-state index < -0.39 is 10.0 Å². The summed E-state index contributed by atoms with van der Waals surface area (Å²) in [6, 6.07) is 5.46. The topological polar surface area (TPSA) is 66.5 Å². The van der Waals surface area contributed by atoms with E-state index >= 15 is 0 Å².